The number of aromatic nitrogens is 2. The molecule has 1 aromatic heterocycles. The van der Waals surface area contributed by atoms with Gasteiger partial charge in [-0.2, -0.15) is 0 Å². The van der Waals surface area contributed by atoms with Gasteiger partial charge in [-0.05, 0) is 48.5 Å². The lowest BCUT2D eigenvalue weighted by Gasteiger charge is -2.01. The zero-order chi connectivity index (χ0) is 16.9. The van der Waals surface area contributed by atoms with Crippen LogP contribution >= 0.6 is 27.7 Å². The average molecular weight is 405 g/mol. The fourth-order valence-electron chi connectivity index (χ4n) is 1.96. The predicted octanol–water partition coefficient (Wildman–Crippen LogP) is 4.48. The van der Waals surface area contributed by atoms with E-state index in [2.05, 4.69) is 26.1 Å². The molecule has 0 saturated heterocycles. The summed E-state index contributed by atoms with van der Waals surface area (Å²) in [6.07, 6.45) is 0. The van der Waals surface area contributed by atoms with E-state index in [1.807, 2.05) is 24.3 Å². The summed E-state index contributed by atoms with van der Waals surface area (Å²) < 4.78 is 11.6. The first kappa shape index (κ1) is 16.7. The third kappa shape index (κ3) is 4.04. The van der Waals surface area contributed by atoms with Crippen LogP contribution in [-0.4, -0.2) is 28.8 Å². The molecule has 122 valence electrons. The van der Waals surface area contributed by atoms with E-state index in [1.165, 1.54) is 11.8 Å². The van der Waals surface area contributed by atoms with Gasteiger partial charge in [-0.15, -0.1) is 10.2 Å². The number of hydrogen-bond donors (Lipinski definition) is 0. The average Bonchev–Trinajstić information content (AvgIpc) is 3.09. The molecule has 0 spiro atoms. The molecule has 0 fully saturated rings. The molecular formula is C17H13BrN2O3S. The highest BCUT2D eigenvalue weighted by atomic mass is 79.9. The first-order valence-corrected chi connectivity index (χ1v) is 8.83. The number of ether oxygens (including phenoxy) is 1. The summed E-state index contributed by atoms with van der Waals surface area (Å²) in [6, 6.07) is 14.6. The zero-order valence-corrected chi connectivity index (χ0v) is 15.1. The fourth-order valence-corrected chi connectivity index (χ4v) is 2.89. The van der Waals surface area contributed by atoms with Crippen molar-refractivity contribution in [1.29, 1.82) is 0 Å². The molecule has 0 radical (unpaired) electrons. The van der Waals surface area contributed by atoms with E-state index in [0.717, 1.165) is 15.8 Å². The van der Waals surface area contributed by atoms with Crippen molar-refractivity contribution in [2.24, 2.45) is 0 Å². The van der Waals surface area contributed by atoms with Crippen LogP contribution in [0.1, 0.15) is 10.4 Å². The highest BCUT2D eigenvalue weighted by Gasteiger charge is 2.12. The van der Waals surface area contributed by atoms with Crippen molar-refractivity contribution in [3.8, 4) is 17.2 Å². The number of rotatable bonds is 6. The maximum Gasteiger partial charge on any atom is 0.277 e. The number of ketones is 1. The van der Waals surface area contributed by atoms with Crippen LogP contribution in [0.2, 0.25) is 0 Å². The van der Waals surface area contributed by atoms with E-state index in [9.17, 15) is 4.79 Å². The van der Waals surface area contributed by atoms with Gasteiger partial charge in [0.15, 0.2) is 5.78 Å². The van der Waals surface area contributed by atoms with Crippen LogP contribution in [0.15, 0.2) is 62.6 Å². The molecule has 7 heteroatoms. The lowest BCUT2D eigenvalue weighted by molar-refractivity contribution is 0.102. The molecule has 24 heavy (non-hydrogen) atoms. The van der Waals surface area contributed by atoms with Crippen molar-refractivity contribution in [2.45, 2.75) is 5.22 Å². The number of carbonyl (C=O) groups is 1. The molecule has 0 aliphatic rings. The highest BCUT2D eigenvalue weighted by molar-refractivity contribution is 9.10. The Morgan fingerprint density at radius 1 is 1.12 bits per heavy atom. The van der Waals surface area contributed by atoms with Gasteiger partial charge in [-0.3, -0.25) is 4.79 Å². The standard InChI is InChI=1S/C17H13BrN2O3S/c1-22-14-8-4-11(5-9-14)15(21)10-24-17-20-19-16(23-17)12-2-6-13(18)7-3-12/h2-9H,10H2,1H3. The van der Waals surface area contributed by atoms with Crippen LogP contribution < -0.4 is 4.74 Å². The molecule has 0 N–H and O–H groups in total. The normalized spacial score (nSPS) is 10.6. The second-order valence-corrected chi connectivity index (χ2v) is 6.66. The molecule has 0 saturated carbocycles. The molecule has 3 rings (SSSR count). The molecule has 1 heterocycles. The Balaban J connectivity index is 1.62. The maximum atomic E-state index is 12.2. The van der Waals surface area contributed by atoms with E-state index in [4.69, 9.17) is 9.15 Å². The number of halogens is 1. The molecule has 0 bridgehead atoms. The van der Waals surface area contributed by atoms with E-state index < -0.39 is 0 Å². The third-order valence-electron chi connectivity index (χ3n) is 3.24. The number of Topliss-reactive ketones (excluding diaryl/α,β-unsaturated/α-hetero) is 1. The quantitative estimate of drug-likeness (QED) is 0.445. The highest BCUT2D eigenvalue weighted by Crippen LogP contribution is 2.25. The Bertz CT molecular complexity index is 832. The van der Waals surface area contributed by atoms with E-state index in [1.54, 1.807) is 31.4 Å². The van der Waals surface area contributed by atoms with E-state index in [0.29, 0.717) is 16.7 Å². The summed E-state index contributed by atoms with van der Waals surface area (Å²) in [7, 11) is 1.59. The van der Waals surface area contributed by atoms with Crippen LogP contribution in [0.4, 0.5) is 0 Å². The molecule has 0 aliphatic heterocycles. The Kier molecular flexibility index (Phi) is 5.32. The number of benzene rings is 2. The monoisotopic (exact) mass is 404 g/mol. The number of thioether (sulfide) groups is 1. The van der Waals surface area contributed by atoms with Gasteiger partial charge in [0.1, 0.15) is 5.75 Å². The fraction of sp³-hybridized carbons (Fsp3) is 0.118. The van der Waals surface area contributed by atoms with Crippen LogP contribution in [-0.2, 0) is 0 Å². The summed E-state index contributed by atoms with van der Waals surface area (Å²) >= 11 is 4.60. The second kappa shape index (κ2) is 7.63. The number of nitrogens with zero attached hydrogens (tertiary/aromatic N) is 2. The van der Waals surface area contributed by atoms with Crippen LogP contribution in [0.5, 0.6) is 5.75 Å². The summed E-state index contributed by atoms with van der Waals surface area (Å²) in [5.41, 5.74) is 1.45. The summed E-state index contributed by atoms with van der Waals surface area (Å²) in [5, 5.41) is 8.35. The smallest absolute Gasteiger partial charge is 0.277 e. The van der Waals surface area contributed by atoms with Crippen molar-refractivity contribution >= 4 is 33.5 Å². The van der Waals surface area contributed by atoms with Gasteiger partial charge in [-0.1, -0.05) is 27.7 Å². The minimum atomic E-state index is -0.00829. The van der Waals surface area contributed by atoms with Gasteiger partial charge >= 0.3 is 0 Å². The second-order valence-electron chi connectivity index (χ2n) is 4.82. The Labute approximate surface area is 151 Å². The first-order chi connectivity index (χ1) is 11.7. The zero-order valence-electron chi connectivity index (χ0n) is 12.7. The number of methoxy groups -OCH3 is 1. The molecule has 0 amide bonds. The predicted molar refractivity (Wildman–Crippen MR) is 95.5 cm³/mol. The largest absolute Gasteiger partial charge is 0.497 e. The lowest BCUT2D eigenvalue weighted by Crippen LogP contribution is -2.02. The molecule has 0 aliphatic carbocycles. The Hall–Kier alpha value is -2.12. The molecule has 0 unspecified atom stereocenters. The van der Waals surface area contributed by atoms with Gasteiger partial charge in [0, 0.05) is 15.6 Å². The molecule has 3 aromatic rings. The third-order valence-corrected chi connectivity index (χ3v) is 4.58. The number of carbonyl (C=O) groups excluding carboxylic acids is 1. The topological polar surface area (TPSA) is 65.2 Å². The van der Waals surface area contributed by atoms with E-state index >= 15 is 0 Å². The van der Waals surface area contributed by atoms with Gasteiger partial charge in [0.2, 0.25) is 5.89 Å². The Morgan fingerprint density at radius 3 is 2.50 bits per heavy atom. The van der Waals surface area contributed by atoms with Crippen molar-refractivity contribution in [1.82, 2.24) is 10.2 Å². The molecular weight excluding hydrogens is 392 g/mol. The van der Waals surface area contributed by atoms with Crippen LogP contribution in [0, 0.1) is 0 Å². The van der Waals surface area contributed by atoms with Crippen molar-refractivity contribution < 1.29 is 13.9 Å². The van der Waals surface area contributed by atoms with Gasteiger partial charge in [-0.25, -0.2) is 0 Å². The number of hydrogen-bond acceptors (Lipinski definition) is 6. The summed E-state index contributed by atoms with van der Waals surface area (Å²) in [5.74, 6) is 1.37. The molecule has 0 atom stereocenters. The Morgan fingerprint density at radius 2 is 1.83 bits per heavy atom. The summed E-state index contributed by atoms with van der Waals surface area (Å²) in [6.45, 7) is 0. The van der Waals surface area contributed by atoms with Gasteiger partial charge < -0.3 is 9.15 Å². The van der Waals surface area contributed by atoms with Crippen molar-refractivity contribution in [2.75, 3.05) is 12.9 Å². The van der Waals surface area contributed by atoms with Crippen LogP contribution in [0.25, 0.3) is 11.5 Å². The van der Waals surface area contributed by atoms with E-state index in [-0.39, 0.29) is 11.5 Å². The minimum absolute atomic E-state index is 0.00829. The van der Waals surface area contributed by atoms with Crippen LogP contribution in [0.3, 0.4) is 0 Å². The maximum absolute atomic E-state index is 12.2. The summed E-state index contributed by atoms with van der Waals surface area (Å²) in [4.78, 5) is 12.2. The van der Waals surface area contributed by atoms with Gasteiger partial charge in [0.25, 0.3) is 5.22 Å². The molecule has 5 nitrogen and oxygen atoms in total. The van der Waals surface area contributed by atoms with Crippen molar-refractivity contribution in [3.05, 3.63) is 58.6 Å². The minimum Gasteiger partial charge on any atom is -0.497 e. The van der Waals surface area contributed by atoms with Crippen molar-refractivity contribution in [3.63, 3.8) is 0 Å². The lowest BCUT2D eigenvalue weighted by atomic mass is 10.1. The molecule has 2 aromatic carbocycles. The SMILES string of the molecule is COc1ccc(C(=O)CSc2nnc(-c3ccc(Br)cc3)o2)cc1. The first-order valence-electron chi connectivity index (χ1n) is 7.05. The van der Waals surface area contributed by atoms with Gasteiger partial charge in [0.05, 0.1) is 12.9 Å².